The van der Waals surface area contributed by atoms with Gasteiger partial charge < -0.3 is 0 Å². The number of hydrazine groups is 1. The summed E-state index contributed by atoms with van der Waals surface area (Å²) < 4.78 is 57.2. The van der Waals surface area contributed by atoms with Gasteiger partial charge in [0, 0.05) is 0 Å². The summed E-state index contributed by atoms with van der Waals surface area (Å²) >= 11 is 0. The lowest BCUT2D eigenvalue weighted by Crippen LogP contribution is -2.42. The van der Waals surface area contributed by atoms with E-state index in [1.165, 1.54) is 0 Å². The second-order valence-electron chi connectivity index (χ2n) is 2.21. The molecule has 2 N–H and O–H groups in total. The van der Waals surface area contributed by atoms with Gasteiger partial charge in [0.1, 0.15) is 6.54 Å². The number of carbonyl (C=O) groups is 1. The molecular weight excluding hydrogens is 211 g/mol. The average molecular weight is 218 g/mol. The van der Waals surface area contributed by atoms with Crippen molar-refractivity contribution in [2.24, 2.45) is 0 Å². The molecule has 0 bridgehead atoms. The third kappa shape index (κ3) is 8.91. The van der Waals surface area contributed by atoms with E-state index in [4.69, 9.17) is 0 Å². The van der Waals surface area contributed by atoms with Crippen LogP contribution in [-0.2, 0) is 4.79 Å². The Kier molecular flexibility index (Phi) is 5.06. The van der Waals surface area contributed by atoms with Crippen molar-refractivity contribution in [3.8, 4) is 0 Å². The standard InChI is InChI=1S/C6H7F5N2O/c7-4(8)1-2-5(14)13-12-3-6(9,10)11/h1,12H,2-3H2,(H,13,14). The minimum Gasteiger partial charge on any atom is -0.291 e. The van der Waals surface area contributed by atoms with Gasteiger partial charge in [0.05, 0.1) is 6.42 Å². The van der Waals surface area contributed by atoms with Crippen LogP contribution in [0.1, 0.15) is 6.42 Å². The largest absolute Gasteiger partial charge is 0.402 e. The van der Waals surface area contributed by atoms with Gasteiger partial charge in [0.2, 0.25) is 5.91 Å². The smallest absolute Gasteiger partial charge is 0.291 e. The molecule has 82 valence electrons. The zero-order valence-electron chi connectivity index (χ0n) is 6.79. The Bertz CT molecular complexity index is 221. The highest BCUT2D eigenvalue weighted by Crippen LogP contribution is 2.11. The van der Waals surface area contributed by atoms with Gasteiger partial charge in [0.15, 0.2) is 0 Å². The Balaban J connectivity index is 3.61. The molecule has 0 fully saturated rings. The second kappa shape index (κ2) is 5.53. The molecule has 14 heavy (non-hydrogen) atoms. The first-order valence-corrected chi connectivity index (χ1v) is 3.41. The molecule has 0 unspecified atom stereocenters. The number of nitrogens with one attached hydrogen (secondary N) is 2. The summed E-state index contributed by atoms with van der Waals surface area (Å²) in [4.78, 5) is 10.5. The maximum absolute atomic E-state index is 11.5. The predicted molar refractivity (Wildman–Crippen MR) is 37.1 cm³/mol. The molecule has 0 aliphatic heterocycles. The summed E-state index contributed by atoms with van der Waals surface area (Å²) in [7, 11) is 0. The molecule has 0 saturated carbocycles. The highest BCUT2D eigenvalue weighted by atomic mass is 19.4. The molecule has 0 radical (unpaired) electrons. The lowest BCUT2D eigenvalue weighted by atomic mass is 10.4. The number of rotatable bonds is 4. The summed E-state index contributed by atoms with van der Waals surface area (Å²) in [5.41, 5.74) is 3.16. The molecular formula is C6H7F5N2O. The van der Waals surface area contributed by atoms with E-state index in [1.54, 1.807) is 10.9 Å². The first kappa shape index (κ1) is 12.8. The van der Waals surface area contributed by atoms with Crippen LogP contribution >= 0.6 is 0 Å². The van der Waals surface area contributed by atoms with Crippen molar-refractivity contribution in [1.82, 2.24) is 10.9 Å². The van der Waals surface area contributed by atoms with Gasteiger partial charge in [-0.25, -0.2) is 5.43 Å². The topological polar surface area (TPSA) is 41.1 Å². The van der Waals surface area contributed by atoms with Crippen molar-refractivity contribution >= 4 is 5.91 Å². The number of hydrogen-bond donors (Lipinski definition) is 2. The normalized spacial score (nSPS) is 10.9. The monoisotopic (exact) mass is 218 g/mol. The molecule has 0 rings (SSSR count). The van der Waals surface area contributed by atoms with Crippen LogP contribution < -0.4 is 10.9 Å². The summed E-state index contributed by atoms with van der Waals surface area (Å²) in [6, 6.07) is 0. The molecule has 0 aliphatic carbocycles. The van der Waals surface area contributed by atoms with E-state index in [2.05, 4.69) is 0 Å². The van der Waals surface area contributed by atoms with Gasteiger partial charge in [-0.1, -0.05) is 0 Å². The van der Waals surface area contributed by atoms with Crippen LogP contribution in [0.3, 0.4) is 0 Å². The van der Waals surface area contributed by atoms with Crippen molar-refractivity contribution in [1.29, 1.82) is 0 Å². The third-order valence-electron chi connectivity index (χ3n) is 0.958. The van der Waals surface area contributed by atoms with Crippen molar-refractivity contribution in [3.63, 3.8) is 0 Å². The van der Waals surface area contributed by atoms with Crippen molar-refractivity contribution in [3.05, 3.63) is 12.2 Å². The summed E-state index contributed by atoms with van der Waals surface area (Å²) in [6.45, 7) is -1.42. The van der Waals surface area contributed by atoms with Crippen LogP contribution in [0.25, 0.3) is 0 Å². The Labute approximate surface area is 75.9 Å². The van der Waals surface area contributed by atoms with Crippen LogP contribution in [0.15, 0.2) is 12.2 Å². The van der Waals surface area contributed by atoms with E-state index in [1.807, 2.05) is 0 Å². The maximum atomic E-state index is 11.5. The van der Waals surface area contributed by atoms with Crippen LogP contribution in [0, 0.1) is 0 Å². The molecule has 0 aliphatic rings. The first-order valence-electron chi connectivity index (χ1n) is 3.41. The van der Waals surface area contributed by atoms with Crippen molar-refractivity contribution in [2.75, 3.05) is 6.54 Å². The van der Waals surface area contributed by atoms with Gasteiger partial charge >= 0.3 is 6.18 Å². The fourth-order valence-corrected chi connectivity index (χ4v) is 0.464. The Hall–Kier alpha value is -1.18. The van der Waals surface area contributed by atoms with E-state index in [0.717, 1.165) is 0 Å². The average Bonchev–Trinajstić information content (AvgIpc) is 1.98. The Morgan fingerprint density at radius 3 is 2.29 bits per heavy atom. The highest BCUT2D eigenvalue weighted by molar-refractivity contribution is 5.76. The minimum absolute atomic E-state index is 0.296. The number of hydrogen-bond acceptors (Lipinski definition) is 2. The Morgan fingerprint density at radius 1 is 1.29 bits per heavy atom. The SMILES string of the molecule is O=C(CC=C(F)F)NNCC(F)(F)F. The molecule has 0 heterocycles. The highest BCUT2D eigenvalue weighted by Gasteiger charge is 2.26. The van der Waals surface area contributed by atoms with E-state index in [9.17, 15) is 26.7 Å². The van der Waals surface area contributed by atoms with Gasteiger partial charge in [-0.15, -0.1) is 0 Å². The molecule has 0 spiro atoms. The third-order valence-corrected chi connectivity index (χ3v) is 0.958. The van der Waals surface area contributed by atoms with Crippen molar-refractivity contribution in [2.45, 2.75) is 12.6 Å². The Morgan fingerprint density at radius 2 is 1.86 bits per heavy atom. The predicted octanol–water partition coefficient (Wildman–Crippen LogP) is 1.34. The van der Waals surface area contributed by atoms with Crippen LogP contribution in [0.5, 0.6) is 0 Å². The molecule has 3 nitrogen and oxygen atoms in total. The zero-order chi connectivity index (χ0) is 11.2. The quantitative estimate of drug-likeness (QED) is 0.552. The van der Waals surface area contributed by atoms with Gasteiger partial charge in [0.25, 0.3) is 6.08 Å². The van der Waals surface area contributed by atoms with Crippen LogP contribution in [0.4, 0.5) is 22.0 Å². The van der Waals surface area contributed by atoms with Gasteiger partial charge in [-0.2, -0.15) is 22.0 Å². The summed E-state index contributed by atoms with van der Waals surface area (Å²) in [6.07, 6.45) is -6.90. The molecule has 0 saturated heterocycles. The second-order valence-corrected chi connectivity index (χ2v) is 2.21. The van der Waals surface area contributed by atoms with Gasteiger partial charge in [-0.3, -0.25) is 10.2 Å². The number of carbonyl (C=O) groups excluding carboxylic acids is 1. The van der Waals surface area contributed by atoms with E-state index in [-0.39, 0.29) is 0 Å². The summed E-state index contributed by atoms with van der Waals surface area (Å²) in [5, 5.41) is 0. The molecule has 1 amide bonds. The summed E-state index contributed by atoms with van der Waals surface area (Å²) in [5.74, 6) is -0.970. The first-order chi connectivity index (χ1) is 6.31. The number of alkyl halides is 3. The zero-order valence-corrected chi connectivity index (χ0v) is 6.79. The lowest BCUT2D eigenvalue weighted by Gasteiger charge is -2.08. The lowest BCUT2D eigenvalue weighted by molar-refractivity contribution is -0.132. The molecule has 0 aromatic heterocycles. The fraction of sp³-hybridized carbons (Fsp3) is 0.500. The minimum atomic E-state index is -4.46. The van der Waals surface area contributed by atoms with Crippen LogP contribution in [-0.4, -0.2) is 18.6 Å². The van der Waals surface area contributed by atoms with Gasteiger partial charge in [-0.05, 0) is 6.08 Å². The maximum Gasteiger partial charge on any atom is 0.402 e. The molecule has 0 aromatic carbocycles. The van der Waals surface area contributed by atoms with E-state index in [0.29, 0.717) is 6.08 Å². The molecule has 0 aromatic rings. The molecule has 8 heteroatoms. The van der Waals surface area contributed by atoms with E-state index < -0.39 is 31.1 Å². The van der Waals surface area contributed by atoms with E-state index >= 15 is 0 Å². The number of amides is 1. The fourth-order valence-electron chi connectivity index (χ4n) is 0.464. The number of halogens is 5. The van der Waals surface area contributed by atoms with Crippen LogP contribution in [0.2, 0.25) is 0 Å². The molecule has 0 atom stereocenters. The van der Waals surface area contributed by atoms with Crippen molar-refractivity contribution < 1.29 is 26.7 Å².